The molecule has 2 aromatic rings. The molecule has 23 heavy (non-hydrogen) atoms. The van der Waals surface area contributed by atoms with Crippen LogP contribution >= 0.6 is 0 Å². The first-order chi connectivity index (χ1) is 11.2. The summed E-state index contributed by atoms with van der Waals surface area (Å²) in [6.07, 6.45) is 0.819. The van der Waals surface area contributed by atoms with E-state index < -0.39 is 0 Å². The molecule has 3 rings (SSSR count). The highest BCUT2D eigenvalue weighted by atomic mass is 16.3. The fraction of sp³-hybridized carbons (Fsp3) is 0.438. The number of rotatable bonds is 4. The summed E-state index contributed by atoms with van der Waals surface area (Å²) in [5.74, 6) is 1.61. The number of phenols is 1. The van der Waals surface area contributed by atoms with Gasteiger partial charge in [0, 0.05) is 32.6 Å². The SMILES string of the molecule is CCc1n[nH]c(CN2CCN(C(=O)c3ccccc3O)CC2)n1. The highest BCUT2D eigenvalue weighted by Crippen LogP contribution is 2.19. The molecule has 1 aliphatic heterocycles. The Kier molecular flexibility index (Phi) is 4.57. The van der Waals surface area contributed by atoms with Crippen molar-refractivity contribution in [1.82, 2.24) is 25.0 Å². The molecule has 0 saturated carbocycles. The van der Waals surface area contributed by atoms with Crippen LogP contribution < -0.4 is 0 Å². The van der Waals surface area contributed by atoms with Gasteiger partial charge in [-0.1, -0.05) is 19.1 Å². The maximum atomic E-state index is 12.4. The summed E-state index contributed by atoms with van der Waals surface area (Å²) in [4.78, 5) is 20.9. The smallest absolute Gasteiger partial charge is 0.257 e. The molecule has 1 aromatic carbocycles. The number of aryl methyl sites for hydroxylation is 1. The number of nitrogens with one attached hydrogen (secondary N) is 1. The lowest BCUT2D eigenvalue weighted by Gasteiger charge is -2.34. The number of carbonyl (C=O) groups is 1. The van der Waals surface area contributed by atoms with Crippen LogP contribution in [0.3, 0.4) is 0 Å². The Balaban J connectivity index is 1.56. The number of hydrogen-bond acceptors (Lipinski definition) is 5. The summed E-state index contributed by atoms with van der Waals surface area (Å²) in [6.45, 7) is 5.58. The maximum absolute atomic E-state index is 12.4. The number of phenolic OH excluding ortho intramolecular Hbond substituents is 1. The topological polar surface area (TPSA) is 85.4 Å². The van der Waals surface area contributed by atoms with Gasteiger partial charge in [-0.2, -0.15) is 5.10 Å². The Morgan fingerprint density at radius 3 is 2.65 bits per heavy atom. The second-order valence-electron chi connectivity index (χ2n) is 5.64. The Hall–Kier alpha value is -2.41. The summed E-state index contributed by atoms with van der Waals surface area (Å²) >= 11 is 0. The largest absolute Gasteiger partial charge is 0.507 e. The minimum atomic E-state index is -0.115. The Morgan fingerprint density at radius 2 is 2.00 bits per heavy atom. The van der Waals surface area contributed by atoms with Crippen molar-refractivity contribution >= 4 is 5.91 Å². The summed E-state index contributed by atoms with van der Waals surface area (Å²) in [5, 5.41) is 16.9. The molecular formula is C16H21N5O2. The van der Waals surface area contributed by atoms with Crippen molar-refractivity contribution in [3.8, 4) is 5.75 Å². The number of piperazine rings is 1. The number of aromatic nitrogens is 3. The van der Waals surface area contributed by atoms with Crippen molar-refractivity contribution in [3.05, 3.63) is 41.5 Å². The summed E-state index contributed by atoms with van der Waals surface area (Å²) < 4.78 is 0. The van der Waals surface area contributed by atoms with E-state index in [1.807, 2.05) is 6.92 Å². The van der Waals surface area contributed by atoms with Crippen LogP contribution in [-0.2, 0) is 13.0 Å². The van der Waals surface area contributed by atoms with Gasteiger partial charge in [-0.15, -0.1) is 0 Å². The molecule has 0 aliphatic carbocycles. The first-order valence-electron chi connectivity index (χ1n) is 7.87. The van der Waals surface area contributed by atoms with Crippen LogP contribution in [0.4, 0.5) is 0 Å². The average Bonchev–Trinajstić information content (AvgIpc) is 3.03. The van der Waals surface area contributed by atoms with E-state index in [0.29, 0.717) is 25.2 Å². The lowest BCUT2D eigenvalue weighted by atomic mass is 10.1. The lowest BCUT2D eigenvalue weighted by molar-refractivity contribution is 0.0622. The number of amides is 1. The standard InChI is InChI=1S/C16H21N5O2/c1-2-14-17-15(19-18-14)11-20-7-9-21(10-8-20)16(23)12-5-3-4-6-13(12)22/h3-6,22H,2,7-11H2,1H3,(H,17,18,19). The second-order valence-corrected chi connectivity index (χ2v) is 5.64. The molecule has 122 valence electrons. The number of nitrogens with zero attached hydrogens (tertiary/aromatic N) is 4. The molecule has 1 aliphatic rings. The van der Waals surface area contributed by atoms with E-state index in [1.54, 1.807) is 29.2 Å². The van der Waals surface area contributed by atoms with Gasteiger partial charge in [0.25, 0.3) is 5.91 Å². The van der Waals surface area contributed by atoms with Gasteiger partial charge in [0.2, 0.25) is 0 Å². The molecule has 1 fully saturated rings. The van der Waals surface area contributed by atoms with E-state index in [0.717, 1.165) is 31.2 Å². The molecule has 2 N–H and O–H groups in total. The van der Waals surface area contributed by atoms with Gasteiger partial charge in [-0.25, -0.2) is 4.98 Å². The quantitative estimate of drug-likeness (QED) is 0.880. The molecule has 7 nitrogen and oxygen atoms in total. The van der Waals surface area contributed by atoms with Crippen molar-refractivity contribution in [2.45, 2.75) is 19.9 Å². The Morgan fingerprint density at radius 1 is 1.26 bits per heavy atom. The van der Waals surface area contributed by atoms with Crippen LogP contribution in [0.2, 0.25) is 0 Å². The van der Waals surface area contributed by atoms with Crippen molar-refractivity contribution in [1.29, 1.82) is 0 Å². The average molecular weight is 315 g/mol. The summed E-state index contributed by atoms with van der Waals surface area (Å²) in [7, 11) is 0. The predicted molar refractivity (Wildman–Crippen MR) is 85.0 cm³/mol. The van der Waals surface area contributed by atoms with Gasteiger partial charge in [-0.3, -0.25) is 14.8 Å². The molecule has 0 spiro atoms. The van der Waals surface area contributed by atoms with E-state index >= 15 is 0 Å². The van der Waals surface area contributed by atoms with Gasteiger partial charge in [0.15, 0.2) is 0 Å². The third kappa shape index (κ3) is 3.50. The number of benzene rings is 1. The third-order valence-corrected chi connectivity index (χ3v) is 4.06. The zero-order chi connectivity index (χ0) is 16.2. The molecule has 0 unspecified atom stereocenters. The number of carbonyl (C=O) groups excluding carboxylic acids is 1. The minimum Gasteiger partial charge on any atom is -0.507 e. The predicted octanol–water partition coefficient (Wildman–Crippen LogP) is 1.03. The molecule has 2 heterocycles. The first kappa shape index (κ1) is 15.5. The summed E-state index contributed by atoms with van der Waals surface area (Å²) in [6, 6.07) is 6.67. The van der Waals surface area contributed by atoms with Crippen LogP contribution in [0.25, 0.3) is 0 Å². The van der Waals surface area contributed by atoms with Gasteiger partial charge >= 0.3 is 0 Å². The Bertz CT molecular complexity index is 677. The van der Waals surface area contributed by atoms with Crippen molar-refractivity contribution < 1.29 is 9.90 Å². The van der Waals surface area contributed by atoms with Crippen LogP contribution in [0.5, 0.6) is 5.75 Å². The fourth-order valence-electron chi connectivity index (χ4n) is 2.71. The van der Waals surface area contributed by atoms with Crippen LogP contribution in [-0.4, -0.2) is 62.2 Å². The van der Waals surface area contributed by atoms with E-state index in [-0.39, 0.29) is 11.7 Å². The number of aromatic hydroxyl groups is 1. The minimum absolute atomic E-state index is 0.0358. The van der Waals surface area contributed by atoms with Crippen molar-refractivity contribution in [2.24, 2.45) is 0 Å². The van der Waals surface area contributed by atoms with Crippen molar-refractivity contribution in [2.75, 3.05) is 26.2 Å². The van der Waals surface area contributed by atoms with Gasteiger partial charge in [0.1, 0.15) is 17.4 Å². The van der Waals surface area contributed by atoms with Crippen molar-refractivity contribution in [3.63, 3.8) is 0 Å². The molecule has 1 saturated heterocycles. The molecule has 1 aromatic heterocycles. The molecule has 0 atom stereocenters. The highest BCUT2D eigenvalue weighted by molar-refractivity contribution is 5.96. The third-order valence-electron chi connectivity index (χ3n) is 4.06. The lowest BCUT2D eigenvalue weighted by Crippen LogP contribution is -2.48. The zero-order valence-corrected chi connectivity index (χ0v) is 13.2. The summed E-state index contributed by atoms with van der Waals surface area (Å²) in [5.41, 5.74) is 0.365. The number of para-hydroxylation sites is 1. The monoisotopic (exact) mass is 315 g/mol. The van der Waals surface area contributed by atoms with E-state index in [1.165, 1.54) is 0 Å². The fourth-order valence-corrected chi connectivity index (χ4v) is 2.71. The molecule has 0 radical (unpaired) electrons. The highest BCUT2D eigenvalue weighted by Gasteiger charge is 2.24. The van der Waals surface area contributed by atoms with E-state index in [9.17, 15) is 9.90 Å². The molecule has 1 amide bonds. The van der Waals surface area contributed by atoms with E-state index in [2.05, 4.69) is 20.1 Å². The normalized spacial score (nSPS) is 15.8. The maximum Gasteiger partial charge on any atom is 0.257 e. The number of aromatic amines is 1. The molecular weight excluding hydrogens is 294 g/mol. The number of H-pyrrole nitrogens is 1. The van der Waals surface area contributed by atoms with Gasteiger partial charge < -0.3 is 10.0 Å². The Labute approximate surface area is 134 Å². The van der Waals surface area contributed by atoms with Gasteiger partial charge in [0.05, 0.1) is 12.1 Å². The van der Waals surface area contributed by atoms with Crippen LogP contribution in [0, 0.1) is 0 Å². The van der Waals surface area contributed by atoms with E-state index in [4.69, 9.17) is 0 Å². The molecule has 7 heteroatoms. The van der Waals surface area contributed by atoms with Crippen LogP contribution in [0.1, 0.15) is 28.9 Å². The van der Waals surface area contributed by atoms with Gasteiger partial charge in [-0.05, 0) is 12.1 Å². The first-order valence-corrected chi connectivity index (χ1v) is 7.87. The zero-order valence-electron chi connectivity index (χ0n) is 13.2. The second kappa shape index (κ2) is 6.78. The number of hydrogen-bond donors (Lipinski definition) is 2. The van der Waals surface area contributed by atoms with Crippen LogP contribution in [0.15, 0.2) is 24.3 Å². The molecule has 0 bridgehead atoms.